The minimum absolute atomic E-state index is 0.222. The summed E-state index contributed by atoms with van der Waals surface area (Å²) in [6.45, 7) is 4.18. The predicted octanol–water partition coefficient (Wildman–Crippen LogP) is 2.49. The zero-order valence-corrected chi connectivity index (χ0v) is 8.49. The largest absolute Gasteiger partial charge is 0.379 e. The van der Waals surface area contributed by atoms with Gasteiger partial charge in [-0.2, -0.15) is 0 Å². The van der Waals surface area contributed by atoms with Gasteiger partial charge in [0.2, 0.25) is 0 Å². The monoisotopic (exact) mass is 186 g/mol. The Morgan fingerprint density at radius 3 is 2.93 bits per heavy atom. The van der Waals surface area contributed by atoms with Crippen LogP contribution in [0.2, 0.25) is 0 Å². The number of allylic oxidation sites excluding steroid dienone is 2. The Balaban J connectivity index is 2.28. The Hall–Kier alpha value is -1.57. The molecule has 2 heterocycles. The number of pyridine rings is 1. The van der Waals surface area contributed by atoms with E-state index in [-0.39, 0.29) is 6.04 Å². The van der Waals surface area contributed by atoms with E-state index in [1.165, 1.54) is 11.1 Å². The number of aromatic nitrogens is 1. The van der Waals surface area contributed by atoms with Gasteiger partial charge < -0.3 is 5.32 Å². The highest BCUT2D eigenvalue weighted by atomic mass is 14.9. The van der Waals surface area contributed by atoms with Crippen LogP contribution in [-0.4, -0.2) is 4.98 Å². The van der Waals surface area contributed by atoms with E-state index in [9.17, 15) is 0 Å². The summed E-state index contributed by atoms with van der Waals surface area (Å²) in [5.74, 6) is 0. The van der Waals surface area contributed by atoms with Crippen molar-refractivity contribution in [3.05, 3.63) is 53.5 Å². The standard InChI is InChI=1S/C12H14N2/c1-9-3-5-13-11(7-9)12-8-10(2)4-6-14-12/h3-8,11,13H,1-2H3. The third-order valence-corrected chi connectivity index (χ3v) is 2.31. The zero-order chi connectivity index (χ0) is 9.97. The molecule has 0 radical (unpaired) electrons. The quantitative estimate of drug-likeness (QED) is 0.729. The Bertz CT molecular complexity index is 391. The van der Waals surface area contributed by atoms with Crippen molar-refractivity contribution in [2.45, 2.75) is 19.9 Å². The van der Waals surface area contributed by atoms with Crippen LogP contribution in [0.25, 0.3) is 0 Å². The highest BCUT2D eigenvalue weighted by Crippen LogP contribution is 2.18. The van der Waals surface area contributed by atoms with E-state index in [1.54, 1.807) is 0 Å². The summed E-state index contributed by atoms with van der Waals surface area (Å²) in [6.07, 6.45) is 8.08. The van der Waals surface area contributed by atoms with Crippen LogP contribution in [0.1, 0.15) is 24.2 Å². The molecule has 2 heteroatoms. The number of aryl methyl sites for hydroxylation is 1. The fourth-order valence-corrected chi connectivity index (χ4v) is 1.55. The second kappa shape index (κ2) is 3.66. The molecule has 0 amide bonds. The first-order valence-electron chi connectivity index (χ1n) is 4.79. The van der Waals surface area contributed by atoms with Gasteiger partial charge in [-0.25, -0.2) is 0 Å². The van der Waals surface area contributed by atoms with Crippen molar-refractivity contribution in [3.8, 4) is 0 Å². The Morgan fingerprint density at radius 1 is 1.36 bits per heavy atom. The highest BCUT2D eigenvalue weighted by molar-refractivity contribution is 5.29. The molecule has 2 rings (SSSR count). The van der Waals surface area contributed by atoms with Crippen molar-refractivity contribution < 1.29 is 0 Å². The maximum Gasteiger partial charge on any atom is 0.0871 e. The molecule has 1 aromatic heterocycles. The maximum absolute atomic E-state index is 4.36. The lowest BCUT2D eigenvalue weighted by Gasteiger charge is -2.17. The molecule has 72 valence electrons. The number of nitrogens with one attached hydrogen (secondary N) is 1. The molecule has 0 aromatic carbocycles. The summed E-state index contributed by atoms with van der Waals surface area (Å²) in [5, 5.41) is 3.27. The first-order chi connectivity index (χ1) is 6.75. The zero-order valence-electron chi connectivity index (χ0n) is 8.49. The van der Waals surface area contributed by atoms with E-state index in [0.29, 0.717) is 0 Å². The molecule has 1 aliphatic heterocycles. The summed E-state index contributed by atoms with van der Waals surface area (Å²) < 4.78 is 0. The Labute approximate surface area is 84.4 Å². The molecule has 1 aromatic rings. The maximum atomic E-state index is 4.36. The van der Waals surface area contributed by atoms with E-state index < -0.39 is 0 Å². The van der Waals surface area contributed by atoms with Crippen molar-refractivity contribution in [2.24, 2.45) is 0 Å². The molecular formula is C12H14N2. The Morgan fingerprint density at radius 2 is 2.21 bits per heavy atom. The summed E-state index contributed by atoms with van der Waals surface area (Å²) in [6, 6.07) is 4.35. The average molecular weight is 186 g/mol. The number of dihydropyridines is 1. The van der Waals surface area contributed by atoms with Gasteiger partial charge in [-0.05, 0) is 43.8 Å². The minimum atomic E-state index is 0.222. The predicted molar refractivity (Wildman–Crippen MR) is 57.7 cm³/mol. The lowest BCUT2D eigenvalue weighted by Crippen LogP contribution is -2.17. The van der Waals surface area contributed by atoms with E-state index in [1.807, 2.05) is 18.5 Å². The van der Waals surface area contributed by atoms with E-state index in [4.69, 9.17) is 0 Å². The summed E-state index contributed by atoms with van der Waals surface area (Å²) in [5.41, 5.74) is 3.60. The van der Waals surface area contributed by atoms with Crippen LogP contribution in [0.4, 0.5) is 0 Å². The molecule has 14 heavy (non-hydrogen) atoms. The minimum Gasteiger partial charge on any atom is -0.379 e. The van der Waals surface area contributed by atoms with Crippen molar-refractivity contribution in [1.29, 1.82) is 0 Å². The van der Waals surface area contributed by atoms with Gasteiger partial charge in [-0.15, -0.1) is 0 Å². The van der Waals surface area contributed by atoms with Gasteiger partial charge in [0.1, 0.15) is 0 Å². The van der Waals surface area contributed by atoms with Gasteiger partial charge in [0.25, 0.3) is 0 Å². The van der Waals surface area contributed by atoms with Crippen LogP contribution < -0.4 is 5.32 Å². The van der Waals surface area contributed by atoms with Crippen LogP contribution in [0.3, 0.4) is 0 Å². The van der Waals surface area contributed by atoms with E-state index in [2.05, 4.69) is 42.4 Å². The lowest BCUT2D eigenvalue weighted by atomic mass is 10.1. The van der Waals surface area contributed by atoms with Crippen LogP contribution >= 0.6 is 0 Å². The van der Waals surface area contributed by atoms with E-state index >= 15 is 0 Å². The normalized spacial score (nSPS) is 20.1. The molecule has 1 N–H and O–H groups in total. The fourth-order valence-electron chi connectivity index (χ4n) is 1.55. The number of hydrogen-bond donors (Lipinski definition) is 1. The molecule has 1 unspecified atom stereocenters. The summed E-state index contributed by atoms with van der Waals surface area (Å²) in [4.78, 5) is 4.36. The summed E-state index contributed by atoms with van der Waals surface area (Å²) in [7, 11) is 0. The van der Waals surface area contributed by atoms with Gasteiger partial charge >= 0.3 is 0 Å². The molecule has 2 nitrogen and oxygen atoms in total. The van der Waals surface area contributed by atoms with Crippen molar-refractivity contribution in [2.75, 3.05) is 0 Å². The molecule has 0 fully saturated rings. The smallest absolute Gasteiger partial charge is 0.0871 e. The van der Waals surface area contributed by atoms with Gasteiger partial charge in [0.15, 0.2) is 0 Å². The van der Waals surface area contributed by atoms with Gasteiger partial charge in [0, 0.05) is 6.20 Å². The van der Waals surface area contributed by atoms with Gasteiger partial charge in [-0.3, -0.25) is 4.98 Å². The molecule has 0 bridgehead atoms. The second-order valence-electron chi connectivity index (χ2n) is 3.65. The van der Waals surface area contributed by atoms with Gasteiger partial charge in [-0.1, -0.05) is 11.6 Å². The molecule has 0 saturated carbocycles. The highest BCUT2D eigenvalue weighted by Gasteiger charge is 2.10. The van der Waals surface area contributed by atoms with Crippen LogP contribution in [0.15, 0.2) is 42.3 Å². The van der Waals surface area contributed by atoms with E-state index in [0.717, 1.165) is 5.69 Å². The molecule has 1 atom stereocenters. The molecule has 0 spiro atoms. The lowest BCUT2D eigenvalue weighted by molar-refractivity contribution is 0.713. The number of nitrogens with zero attached hydrogens (tertiary/aromatic N) is 1. The molecule has 0 saturated heterocycles. The number of hydrogen-bond acceptors (Lipinski definition) is 2. The first-order valence-corrected chi connectivity index (χ1v) is 4.79. The second-order valence-corrected chi connectivity index (χ2v) is 3.65. The van der Waals surface area contributed by atoms with Crippen LogP contribution in [0, 0.1) is 6.92 Å². The SMILES string of the molecule is CC1=CC(c2cc(C)ccn2)NC=C1. The Kier molecular flexibility index (Phi) is 2.35. The van der Waals surface area contributed by atoms with Crippen LogP contribution in [-0.2, 0) is 0 Å². The average Bonchev–Trinajstić information content (AvgIpc) is 2.18. The van der Waals surface area contributed by atoms with Crippen LogP contribution in [0.5, 0.6) is 0 Å². The number of rotatable bonds is 1. The van der Waals surface area contributed by atoms with Crippen molar-refractivity contribution in [3.63, 3.8) is 0 Å². The molecule has 1 aliphatic rings. The summed E-state index contributed by atoms with van der Waals surface area (Å²) >= 11 is 0. The van der Waals surface area contributed by atoms with Gasteiger partial charge in [0.05, 0.1) is 11.7 Å². The third-order valence-electron chi connectivity index (χ3n) is 2.31. The fraction of sp³-hybridized carbons (Fsp3) is 0.250. The first kappa shape index (κ1) is 9.00. The topological polar surface area (TPSA) is 24.9 Å². The molecule has 0 aliphatic carbocycles. The third kappa shape index (κ3) is 1.84. The van der Waals surface area contributed by atoms with Crippen molar-refractivity contribution >= 4 is 0 Å². The van der Waals surface area contributed by atoms with Crippen molar-refractivity contribution in [1.82, 2.24) is 10.3 Å². The molecular weight excluding hydrogens is 172 g/mol.